The molecule has 2 aromatic rings. The molecule has 0 radical (unpaired) electrons. The van der Waals surface area contributed by atoms with Gasteiger partial charge in [0.15, 0.2) is 5.82 Å². The number of hydrogen-bond acceptors (Lipinski definition) is 5. The fourth-order valence-electron chi connectivity index (χ4n) is 1.77. The summed E-state index contributed by atoms with van der Waals surface area (Å²) in [4.78, 5) is 6.15. The van der Waals surface area contributed by atoms with Crippen LogP contribution in [0.4, 0.5) is 4.39 Å². The predicted molar refractivity (Wildman–Crippen MR) is 69.0 cm³/mol. The summed E-state index contributed by atoms with van der Waals surface area (Å²) in [5.74, 6) is 0.536. The molecule has 2 rings (SSSR count). The van der Waals surface area contributed by atoms with Gasteiger partial charge >= 0.3 is 0 Å². The van der Waals surface area contributed by atoms with Crippen LogP contribution >= 0.6 is 0 Å². The molecule has 1 unspecified atom stereocenters. The van der Waals surface area contributed by atoms with Crippen LogP contribution in [-0.2, 0) is 6.42 Å². The Bertz CT molecular complexity index is 541. The molecule has 0 amide bonds. The van der Waals surface area contributed by atoms with Crippen molar-refractivity contribution < 1.29 is 8.91 Å². The van der Waals surface area contributed by atoms with Crippen molar-refractivity contribution in [3.05, 3.63) is 47.4 Å². The summed E-state index contributed by atoms with van der Waals surface area (Å²) in [6.45, 7) is 0.624. The topological polar surface area (TPSA) is 68.2 Å². The lowest BCUT2D eigenvalue weighted by Crippen LogP contribution is -2.26. The van der Waals surface area contributed by atoms with Gasteiger partial charge in [-0.1, -0.05) is 23.4 Å². The van der Waals surface area contributed by atoms with Gasteiger partial charge in [0.25, 0.3) is 0 Å². The van der Waals surface area contributed by atoms with E-state index in [-0.39, 0.29) is 18.3 Å². The number of benzene rings is 1. The molecule has 0 fully saturated rings. The van der Waals surface area contributed by atoms with Gasteiger partial charge in [-0.25, -0.2) is 4.39 Å². The van der Waals surface area contributed by atoms with Crippen molar-refractivity contribution in [1.29, 1.82) is 0 Å². The summed E-state index contributed by atoms with van der Waals surface area (Å²) < 4.78 is 18.6. The predicted octanol–water partition coefficient (Wildman–Crippen LogP) is 1.36. The molecule has 19 heavy (non-hydrogen) atoms. The number of nitrogens with two attached hydrogens (primary N) is 1. The summed E-state index contributed by atoms with van der Waals surface area (Å²) in [5, 5.41) is 3.83. The minimum atomic E-state index is -0.312. The van der Waals surface area contributed by atoms with Crippen LogP contribution in [0, 0.1) is 5.82 Å². The van der Waals surface area contributed by atoms with Crippen LogP contribution in [0.2, 0.25) is 0 Å². The first-order valence-electron chi connectivity index (χ1n) is 6.02. The monoisotopic (exact) mass is 264 g/mol. The van der Waals surface area contributed by atoms with Gasteiger partial charge < -0.3 is 15.2 Å². The van der Waals surface area contributed by atoms with Crippen LogP contribution in [0.3, 0.4) is 0 Å². The number of likely N-dealkylation sites (N-methyl/N-ethyl adjacent to an activating group) is 1. The maximum absolute atomic E-state index is 13.5. The second-order valence-electron chi connectivity index (χ2n) is 4.68. The number of hydrogen-bond donors (Lipinski definition) is 1. The summed E-state index contributed by atoms with van der Waals surface area (Å²) in [5.41, 5.74) is 6.46. The molecule has 1 atom stereocenters. The van der Waals surface area contributed by atoms with E-state index in [1.54, 1.807) is 18.2 Å². The van der Waals surface area contributed by atoms with Crippen molar-refractivity contribution in [2.45, 2.75) is 12.5 Å². The van der Waals surface area contributed by atoms with Crippen molar-refractivity contribution in [1.82, 2.24) is 15.0 Å². The second kappa shape index (κ2) is 5.90. The molecule has 0 saturated heterocycles. The van der Waals surface area contributed by atoms with Gasteiger partial charge in [-0.15, -0.1) is 0 Å². The maximum atomic E-state index is 13.5. The first-order chi connectivity index (χ1) is 9.06. The van der Waals surface area contributed by atoms with Crippen molar-refractivity contribution >= 4 is 0 Å². The third kappa shape index (κ3) is 3.59. The third-order valence-corrected chi connectivity index (χ3v) is 2.68. The van der Waals surface area contributed by atoms with Gasteiger partial charge in [-0.2, -0.15) is 4.98 Å². The number of nitrogens with zero attached hydrogens (tertiary/aromatic N) is 3. The highest BCUT2D eigenvalue weighted by molar-refractivity contribution is 5.20. The van der Waals surface area contributed by atoms with Crippen molar-refractivity contribution in [3.63, 3.8) is 0 Å². The van der Waals surface area contributed by atoms with Crippen LogP contribution in [0.5, 0.6) is 0 Å². The van der Waals surface area contributed by atoms with Gasteiger partial charge in [0.1, 0.15) is 5.82 Å². The Morgan fingerprint density at radius 3 is 2.79 bits per heavy atom. The zero-order chi connectivity index (χ0) is 13.8. The number of aromatic nitrogens is 2. The summed E-state index contributed by atoms with van der Waals surface area (Å²) in [6, 6.07) is 6.20. The normalized spacial score (nSPS) is 12.9. The summed E-state index contributed by atoms with van der Waals surface area (Å²) in [6.07, 6.45) is 0.272. The standard InChI is InChI=1S/C13H17FN4O/c1-18(2)8-11(15)13-16-12(19-17-13)7-9-5-3-4-6-10(9)14/h3-6,11H,7-8,15H2,1-2H3. The van der Waals surface area contributed by atoms with Crippen LogP contribution in [-0.4, -0.2) is 35.7 Å². The lowest BCUT2D eigenvalue weighted by molar-refractivity contribution is 0.348. The molecule has 102 valence electrons. The first-order valence-corrected chi connectivity index (χ1v) is 6.02. The number of halogens is 1. The SMILES string of the molecule is CN(C)CC(N)c1noc(Cc2ccccc2F)n1. The van der Waals surface area contributed by atoms with Gasteiger partial charge in [-0.05, 0) is 25.7 Å². The zero-order valence-corrected chi connectivity index (χ0v) is 11.0. The third-order valence-electron chi connectivity index (χ3n) is 2.68. The largest absolute Gasteiger partial charge is 0.339 e. The van der Waals surface area contributed by atoms with E-state index in [0.29, 0.717) is 23.8 Å². The fraction of sp³-hybridized carbons (Fsp3) is 0.385. The van der Waals surface area contributed by atoms with E-state index in [1.807, 2.05) is 19.0 Å². The van der Waals surface area contributed by atoms with Crippen LogP contribution in [0.25, 0.3) is 0 Å². The number of rotatable bonds is 5. The smallest absolute Gasteiger partial charge is 0.231 e. The average Bonchev–Trinajstić information content (AvgIpc) is 2.80. The molecule has 1 aromatic carbocycles. The molecule has 1 heterocycles. The fourth-order valence-corrected chi connectivity index (χ4v) is 1.77. The Hall–Kier alpha value is -1.79. The summed E-state index contributed by atoms with van der Waals surface area (Å²) >= 11 is 0. The van der Waals surface area contributed by atoms with Crippen molar-refractivity contribution in [2.75, 3.05) is 20.6 Å². The molecule has 0 spiro atoms. The maximum Gasteiger partial charge on any atom is 0.231 e. The second-order valence-corrected chi connectivity index (χ2v) is 4.68. The van der Waals surface area contributed by atoms with Crippen LogP contribution in [0.1, 0.15) is 23.3 Å². The molecule has 6 heteroatoms. The van der Waals surface area contributed by atoms with Crippen molar-refractivity contribution in [2.24, 2.45) is 5.73 Å². The molecule has 2 N–H and O–H groups in total. The van der Waals surface area contributed by atoms with E-state index in [9.17, 15) is 4.39 Å². The zero-order valence-electron chi connectivity index (χ0n) is 11.0. The quantitative estimate of drug-likeness (QED) is 0.883. The minimum absolute atomic E-state index is 0.272. The van der Waals surface area contributed by atoms with E-state index >= 15 is 0 Å². The van der Waals surface area contributed by atoms with Gasteiger partial charge in [0.05, 0.1) is 12.5 Å². The lowest BCUT2D eigenvalue weighted by atomic mass is 10.1. The van der Waals surface area contributed by atoms with Crippen LogP contribution in [0.15, 0.2) is 28.8 Å². The molecule has 0 bridgehead atoms. The van der Waals surface area contributed by atoms with E-state index in [4.69, 9.17) is 10.3 Å². The van der Waals surface area contributed by atoms with E-state index < -0.39 is 0 Å². The lowest BCUT2D eigenvalue weighted by Gasteiger charge is -2.12. The van der Waals surface area contributed by atoms with Gasteiger partial charge in [0, 0.05) is 6.54 Å². The van der Waals surface area contributed by atoms with E-state index in [1.165, 1.54) is 6.07 Å². The van der Waals surface area contributed by atoms with Gasteiger partial charge in [-0.3, -0.25) is 0 Å². The molecule has 5 nitrogen and oxygen atoms in total. The van der Waals surface area contributed by atoms with E-state index in [0.717, 1.165) is 0 Å². The Morgan fingerprint density at radius 1 is 1.37 bits per heavy atom. The Labute approximate surface area is 111 Å². The highest BCUT2D eigenvalue weighted by atomic mass is 19.1. The Morgan fingerprint density at radius 2 is 2.11 bits per heavy atom. The van der Waals surface area contributed by atoms with Crippen molar-refractivity contribution in [3.8, 4) is 0 Å². The molecule has 1 aromatic heterocycles. The average molecular weight is 264 g/mol. The Balaban J connectivity index is 2.07. The van der Waals surface area contributed by atoms with Crippen LogP contribution < -0.4 is 5.73 Å². The molecule has 0 aliphatic rings. The minimum Gasteiger partial charge on any atom is -0.339 e. The molecule has 0 aliphatic heterocycles. The highest BCUT2D eigenvalue weighted by Crippen LogP contribution is 2.13. The molecule has 0 saturated carbocycles. The molecular formula is C13H17FN4O. The highest BCUT2D eigenvalue weighted by Gasteiger charge is 2.15. The summed E-state index contributed by atoms with van der Waals surface area (Å²) in [7, 11) is 3.83. The first kappa shape index (κ1) is 13.6. The van der Waals surface area contributed by atoms with E-state index in [2.05, 4.69) is 10.1 Å². The molecule has 0 aliphatic carbocycles. The molecular weight excluding hydrogens is 247 g/mol. The Kier molecular flexibility index (Phi) is 4.24. The van der Waals surface area contributed by atoms with Gasteiger partial charge in [0.2, 0.25) is 5.89 Å².